The fraction of sp³-hybridized carbons (Fsp3) is 0.417. The molecule has 0 radical (unpaired) electrons. The van der Waals surface area contributed by atoms with Crippen molar-refractivity contribution in [1.29, 1.82) is 0 Å². The summed E-state index contributed by atoms with van der Waals surface area (Å²) in [6.45, 7) is 4.76. The third-order valence-corrected chi connectivity index (χ3v) is 2.06. The molecule has 1 rings (SSSR count). The minimum atomic E-state index is -0.398. The number of ether oxygens (including phenoxy) is 1. The van der Waals surface area contributed by atoms with Crippen molar-refractivity contribution in [1.82, 2.24) is 5.32 Å². The molecule has 3 heteroatoms. The van der Waals surface area contributed by atoms with Gasteiger partial charge in [0.05, 0.1) is 6.61 Å². The largest absolute Gasteiger partial charge is 0.364 e. The molecule has 1 N–H and O–H groups in total. The first-order valence-corrected chi connectivity index (χ1v) is 5.17. The van der Waals surface area contributed by atoms with Crippen LogP contribution in [0.15, 0.2) is 30.3 Å². The molecule has 0 aliphatic carbocycles. The van der Waals surface area contributed by atoms with E-state index < -0.39 is 6.10 Å². The van der Waals surface area contributed by atoms with E-state index in [1.807, 2.05) is 37.3 Å². The molecule has 1 aromatic rings. The van der Waals surface area contributed by atoms with E-state index in [2.05, 4.69) is 5.32 Å². The van der Waals surface area contributed by atoms with Crippen molar-refractivity contribution >= 4 is 5.91 Å². The Morgan fingerprint density at radius 3 is 2.67 bits per heavy atom. The molecule has 1 amide bonds. The third kappa shape index (κ3) is 4.13. The van der Waals surface area contributed by atoms with Gasteiger partial charge in [-0.3, -0.25) is 4.79 Å². The van der Waals surface area contributed by atoms with Crippen LogP contribution in [0.2, 0.25) is 0 Å². The van der Waals surface area contributed by atoms with Crippen molar-refractivity contribution in [2.24, 2.45) is 0 Å². The number of nitrogens with one attached hydrogen (secondary N) is 1. The average molecular weight is 207 g/mol. The second kappa shape index (κ2) is 6.19. The van der Waals surface area contributed by atoms with Crippen molar-refractivity contribution < 1.29 is 9.53 Å². The highest BCUT2D eigenvalue weighted by molar-refractivity contribution is 5.80. The van der Waals surface area contributed by atoms with E-state index in [1.54, 1.807) is 6.92 Å². The fourth-order valence-corrected chi connectivity index (χ4v) is 1.19. The molecule has 0 bridgehead atoms. The van der Waals surface area contributed by atoms with E-state index in [1.165, 1.54) is 0 Å². The van der Waals surface area contributed by atoms with Crippen molar-refractivity contribution in [2.75, 3.05) is 6.54 Å². The van der Waals surface area contributed by atoms with Gasteiger partial charge in [0, 0.05) is 6.54 Å². The van der Waals surface area contributed by atoms with E-state index in [0.717, 1.165) is 5.56 Å². The summed E-state index contributed by atoms with van der Waals surface area (Å²) in [7, 11) is 0. The van der Waals surface area contributed by atoms with Crippen LogP contribution in [0.25, 0.3) is 0 Å². The van der Waals surface area contributed by atoms with Gasteiger partial charge in [-0.1, -0.05) is 30.3 Å². The van der Waals surface area contributed by atoms with Gasteiger partial charge in [0.1, 0.15) is 6.10 Å². The van der Waals surface area contributed by atoms with Crippen LogP contribution >= 0.6 is 0 Å². The van der Waals surface area contributed by atoms with E-state index in [-0.39, 0.29) is 5.91 Å². The van der Waals surface area contributed by atoms with E-state index in [9.17, 15) is 4.79 Å². The molecule has 0 aromatic heterocycles. The standard InChI is InChI=1S/C12H17NO2/c1-3-13-12(14)10(2)15-9-11-7-5-4-6-8-11/h4-8,10H,3,9H2,1-2H3,(H,13,14). The fourth-order valence-electron chi connectivity index (χ4n) is 1.19. The average Bonchev–Trinajstić information content (AvgIpc) is 2.27. The van der Waals surface area contributed by atoms with Crippen molar-refractivity contribution in [2.45, 2.75) is 26.6 Å². The molecular weight excluding hydrogens is 190 g/mol. The minimum absolute atomic E-state index is 0.0616. The Morgan fingerprint density at radius 2 is 2.07 bits per heavy atom. The van der Waals surface area contributed by atoms with Crippen LogP contribution in [0, 0.1) is 0 Å². The maximum atomic E-state index is 11.3. The molecule has 0 saturated heterocycles. The molecule has 0 saturated carbocycles. The molecule has 82 valence electrons. The lowest BCUT2D eigenvalue weighted by atomic mass is 10.2. The third-order valence-electron chi connectivity index (χ3n) is 2.06. The first-order valence-electron chi connectivity index (χ1n) is 5.17. The molecule has 15 heavy (non-hydrogen) atoms. The number of carbonyl (C=O) groups is 1. The van der Waals surface area contributed by atoms with Gasteiger partial charge in [-0.05, 0) is 19.4 Å². The van der Waals surface area contributed by atoms with E-state index in [0.29, 0.717) is 13.2 Å². The lowest BCUT2D eigenvalue weighted by Crippen LogP contribution is -2.34. The first-order chi connectivity index (χ1) is 7.24. The number of carbonyl (C=O) groups excluding carboxylic acids is 1. The Hall–Kier alpha value is -1.35. The van der Waals surface area contributed by atoms with Gasteiger partial charge in [-0.15, -0.1) is 0 Å². The molecular formula is C12H17NO2. The summed E-state index contributed by atoms with van der Waals surface area (Å²) in [5.41, 5.74) is 1.08. The minimum Gasteiger partial charge on any atom is -0.364 e. The van der Waals surface area contributed by atoms with Crippen LogP contribution in [0.5, 0.6) is 0 Å². The van der Waals surface area contributed by atoms with Gasteiger partial charge >= 0.3 is 0 Å². The summed E-state index contributed by atoms with van der Waals surface area (Å²) < 4.78 is 5.43. The van der Waals surface area contributed by atoms with Crippen LogP contribution in [-0.2, 0) is 16.1 Å². The van der Waals surface area contributed by atoms with Crippen LogP contribution in [0.1, 0.15) is 19.4 Å². The zero-order valence-corrected chi connectivity index (χ0v) is 9.19. The molecule has 1 atom stereocenters. The first kappa shape index (κ1) is 11.7. The molecule has 0 fully saturated rings. The topological polar surface area (TPSA) is 38.3 Å². The van der Waals surface area contributed by atoms with Crippen LogP contribution in [0.3, 0.4) is 0 Å². The molecule has 0 spiro atoms. The van der Waals surface area contributed by atoms with E-state index >= 15 is 0 Å². The van der Waals surface area contributed by atoms with Crippen molar-refractivity contribution in [3.63, 3.8) is 0 Å². The predicted molar refractivity (Wildman–Crippen MR) is 59.4 cm³/mol. The summed E-state index contributed by atoms with van der Waals surface area (Å²) in [5.74, 6) is -0.0616. The summed E-state index contributed by atoms with van der Waals surface area (Å²) in [5, 5.41) is 2.72. The molecule has 0 aliphatic rings. The van der Waals surface area contributed by atoms with E-state index in [4.69, 9.17) is 4.74 Å². The summed E-state index contributed by atoms with van der Waals surface area (Å²) in [4.78, 5) is 11.3. The zero-order valence-electron chi connectivity index (χ0n) is 9.19. The highest BCUT2D eigenvalue weighted by Gasteiger charge is 2.11. The van der Waals surface area contributed by atoms with Gasteiger partial charge in [0.25, 0.3) is 0 Å². The SMILES string of the molecule is CCNC(=O)C(C)OCc1ccccc1. The molecule has 1 aromatic carbocycles. The number of amides is 1. The number of hydrogen-bond acceptors (Lipinski definition) is 2. The van der Waals surface area contributed by atoms with Gasteiger partial charge in [-0.25, -0.2) is 0 Å². The highest BCUT2D eigenvalue weighted by atomic mass is 16.5. The second-order valence-corrected chi connectivity index (χ2v) is 3.33. The number of likely N-dealkylation sites (N-methyl/N-ethyl adjacent to an activating group) is 1. The maximum Gasteiger partial charge on any atom is 0.248 e. The van der Waals surface area contributed by atoms with Gasteiger partial charge in [0.2, 0.25) is 5.91 Å². The summed E-state index contributed by atoms with van der Waals surface area (Å²) >= 11 is 0. The highest BCUT2D eigenvalue weighted by Crippen LogP contribution is 2.03. The normalized spacial score (nSPS) is 12.1. The lowest BCUT2D eigenvalue weighted by molar-refractivity contribution is -0.132. The molecule has 3 nitrogen and oxygen atoms in total. The van der Waals surface area contributed by atoms with Crippen molar-refractivity contribution in [3.8, 4) is 0 Å². The lowest BCUT2D eigenvalue weighted by Gasteiger charge is -2.12. The van der Waals surface area contributed by atoms with Gasteiger partial charge in [0.15, 0.2) is 0 Å². The predicted octanol–water partition coefficient (Wildman–Crippen LogP) is 1.73. The van der Waals surface area contributed by atoms with Crippen LogP contribution < -0.4 is 5.32 Å². The number of hydrogen-bond donors (Lipinski definition) is 1. The van der Waals surface area contributed by atoms with Gasteiger partial charge in [-0.2, -0.15) is 0 Å². The Balaban J connectivity index is 2.34. The summed E-state index contributed by atoms with van der Waals surface area (Å²) in [6.07, 6.45) is -0.398. The monoisotopic (exact) mass is 207 g/mol. The smallest absolute Gasteiger partial charge is 0.248 e. The summed E-state index contributed by atoms with van der Waals surface area (Å²) in [6, 6.07) is 9.82. The quantitative estimate of drug-likeness (QED) is 0.798. The Kier molecular flexibility index (Phi) is 4.84. The Labute approximate surface area is 90.4 Å². The Morgan fingerprint density at radius 1 is 1.40 bits per heavy atom. The zero-order chi connectivity index (χ0) is 11.1. The number of benzene rings is 1. The molecule has 0 heterocycles. The molecule has 0 aliphatic heterocycles. The van der Waals surface area contributed by atoms with Crippen molar-refractivity contribution in [3.05, 3.63) is 35.9 Å². The Bertz CT molecular complexity index is 298. The molecule has 1 unspecified atom stereocenters. The van der Waals surface area contributed by atoms with Gasteiger partial charge < -0.3 is 10.1 Å². The second-order valence-electron chi connectivity index (χ2n) is 3.33. The maximum absolute atomic E-state index is 11.3. The van der Waals surface area contributed by atoms with Crippen LogP contribution in [-0.4, -0.2) is 18.6 Å². The van der Waals surface area contributed by atoms with Crippen LogP contribution in [0.4, 0.5) is 0 Å². The number of rotatable bonds is 5.